The molecule has 3 fully saturated rings. The zero-order valence-electron chi connectivity index (χ0n) is 19.1. The summed E-state index contributed by atoms with van der Waals surface area (Å²) in [5.74, 6) is 0.755. The molecule has 1 aromatic carbocycles. The Morgan fingerprint density at radius 2 is 2.03 bits per heavy atom. The first-order chi connectivity index (χ1) is 15.9. The van der Waals surface area contributed by atoms with E-state index in [1.165, 1.54) is 0 Å². The summed E-state index contributed by atoms with van der Waals surface area (Å²) < 4.78 is 11.1. The maximum atomic E-state index is 12.5. The number of nitrogens with one attached hydrogen (secondary N) is 1. The number of hydrogen-bond acceptors (Lipinski definition) is 6. The Hall–Kier alpha value is -1.77. The summed E-state index contributed by atoms with van der Waals surface area (Å²) in [4.78, 5) is 19.3. The number of aliphatic hydroxyl groups is 1. The fourth-order valence-electron chi connectivity index (χ4n) is 5.38. The van der Waals surface area contributed by atoms with Crippen molar-refractivity contribution >= 4 is 34.1 Å². The van der Waals surface area contributed by atoms with Crippen molar-refractivity contribution in [3.8, 4) is 0 Å². The topological polar surface area (TPSA) is 83.9 Å². The summed E-state index contributed by atoms with van der Waals surface area (Å²) in [5.41, 5.74) is 0.829. The van der Waals surface area contributed by atoms with Crippen LogP contribution in [0.5, 0.6) is 0 Å². The van der Waals surface area contributed by atoms with E-state index in [0.29, 0.717) is 31.6 Å². The molecule has 33 heavy (non-hydrogen) atoms. The number of benzene rings is 1. The number of halogens is 1. The van der Waals surface area contributed by atoms with Crippen LogP contribution < -0.4 is 5.32 Å². The van der Waals surface area contributed by atoms with Gasteiger partial charge in [0, 0.05) is 23.2 Å². The molecule has 3 aliphatic rings. The first-order valence-electron chi connectivity index (χ1n) is 12.0. The molecule has 7 nitrogen and oxygen atoms in total. The first-order valence-corrected chi connectivity index (χ1v) is 12.3. The van der Waals surface area contributed by atoms with Gasteiger partial charge < -0.3 is 19.9 Å². The molecule has 1 aromatic heterocycles. The summed E-state index contributed by atoms with van der Waals surface area (Å²) in [5, 5.41) is 16.0. The molecule has 5 rings (SSSR count). The van der Waals surface area contributed by atoms with Gasteiger partial charge in [0.1, 0.15) is 11.9 Å². The highest BCUT2D eigenvalue weighted by atomic mass is 35.5. The molecule has 178 valence electrons. The Bertz CT molecular complexity index is 1020. The molecule has 0 saturated carbocycles. The summed E-state index contributed by atoms with van der Waals surface area (Å²) in [6, 6.07) is 6.03. The van der Waals surface area contributed by atoms with Gasteiger partial charge in [-0.2, -0.15) is 0 Å². The number of nitrogens with zero attached hydrogens (tertiary/aromatic N) is 2. The van der Waals surface area contributed by atoms with E-state index in [9.17, 15) is 9.90 Å². The van der Waals surface area contributed by atoms with Crippen LogP contribution >= 0.6 is 11.6 Å². The quantitative estimate of drug-likeness (QED) is 0.704. The van der Waals surface area contributed by atoms with Gasteiger partial charge in [-0.05, 0) is 87.2 Å². The highest BCUT2D eigenvalue weighted by Crippen LogP contribution is 2.38. The standard InChI is InChI=1S/C25H32ClN3O4/c1-25(15-32-14-22(25)30)29-7-5-16(6-8-29)19-10-17-12-23(27-13-18(17)11-20(19)26)28-24(31)21-4-2-3-9-33-21/h10-13,16,21-22,30H,2-9,14-15H2,1H3,(H,27,28,31)/t21-,22+,25-/m0/s1. The van der Waals surface area contributed by atoms with Crippen LogP contribution in [-0.4, -0.2) is 71.6 Å². The highest BCUT2D eigenvalue weighted by Gasteiger charge is 2.45. The number of aliphatic hydroxyl groups excluding tert-OH is 1. The van der Waals surface area contributed by atoms with E-state index >= 15 is 0 Å². The van der Waals surface area contributed by atoms with Gasteiger partial charge in [-0.1, -0.05) is 11.6 Å². The minimum absolute atomic E-state index is 0.130. The molecule has 0 spiro atoms. The van der Waals surface area contributed by atoms with Gasteiger partial charge in [0.2, 0.25) is 0 Å². The van der Waals surface area contributed by atoms with Crippen molar-refractivity contribution < 1.29 is 19.4 Å². The van der Waals surface area contributed by atoms with Crippen molar-refractivity contribution in [2.75, 3.05) is 38.2 Å². The number of piperidine rings is 1. The molecule has 0 bridgehead atoms. The van der Waals surface area contributed by atoms with Crippen LogP contribution in [0.4, 0.5) is 5.82 Å². The fourth-order valence-corrected chi connectivity index (χ4v) is 5.70. The average Bonchev–Trinajstić information content (AvgIpc) is 3.18. The van der Waals surface area contributed by atoms with Crippen molar-refractivity contribution in [3.05, 3.63) is 35.0 Å². The third kappa shape index (κ3) is 4.62. The number of pyridine rings is 1. The number of aromatic nitrogens is 1. The number of hydrogen-bond donors (Lipinski definition) is 2. The predicted octanol–water partition coefficient (Wildman–Crippen LogP) is 3.73. The second-order valence-electron chi connectivity index (χ2n) is 9.78. The van der Waals surface area contributed by atoms with Gasteiger partial charge in [0.25, 0.3) is 5.91 Å². The van der Waals surface area contributed by atoms with E-state index in [2.05, 4.69) is 28.2 Å². The third-order valence-electron chi connectivity index (χ3n) is 7.61. The third-order valence-corrected chi connectivity index (χ3v) is 7.93. The smallest absolute Gasteiger partial charge is 0.254 e. The van der Waals surface area contributed by atoms with E-state index in [0.717, 1.165) is 66.6 Å². The van der Waals surface area contributed by atoms with Crippen LogP contribution in [0.2, 0.25) is 5.02 Å². The van der Waals surface area contributed by atoms with Gasteiger partial charge in [-0.15, -0.1) is 0 Å². The number of rotatable bonds is 4. The largest absolute Gasteiger partial charge is 0.389 e. The lowest BCUT2D eigenvalue weighted by molar-refractivity contribution is -0.130. The summed E-state index contributed by atoms with van der Waals surface area (Å²) in [6.07, 6.45) is 5.63. The van der Waals surface area contributed by atoms with Gasteiger partial charge in [0.05, 0.1) is 24.9 Å². The van der Waals surface area contributed by atoms with Crippen LogP contribution in [0.1, 0.15) is 50.5 Å². The number of carbonyl (C=O) groups is 1. The molecule has 0 unspecified atom stereocenters. The summed E-state index contributed by atoms with van der Waals surface area (Å²) >= 11 is 6.69. The molecule has 3 aliphatic heterocycles. The van der Waals surface area contributed by atoms with Crippen LogP contribution in [0.3, 0.4) is 0 Å². The Balaban J connectivity index is 1.30. The molecule has 1 amide bonds. The lowest BCUT2D eigenvalue weighted by Gasteiger charge is -2.43. The van der Waals surface area contributed by atoms with E-state index in [1.807, 2.05) is 12.1 Å². The van der Waals surface area contributed by atoms with E-state index in [1.54, 1.807) is 6.20 Å². The fraction of sp³-hybridized carbons (Fsp3) is 0.600. The predicted molar refractivity (Wildman–Crippen MR) is 128 cm³/mol. The molecule has 8 heteroatoms. The van der Waals surface area contributed by atoms with Crippen molar-refractivity contribution in [2.45, 2.75) is 62.7 Å². The Morgan fingerprint density at radius 1 is 1.21 bits per heavy atom. The zero-order chi connectivity index (χ0) is 23.0. The minimum atomic E-state index is -0.446. The monoisotopic (exact) mass is 473 g/mol. The van der Waals surface area contributed by atoms with Gasteiger partial charge in [0.15, 0.2) is 0 Å². The number of fused-ring (bicyclic) bond motifs is 1. The SMILES string of the molecule is C[C@]1(N2CCC(c3cc4cc(NC(=O)[C@@H]5CCCCO5)ncc4cc3Cl)CC2)COC[C@H]1O. The number of ether oxygens (including phenoxy) is 2. The molecular weight excluding hydrogens is 442 g/mol. The van der Waals surface area contributed by atoms with Gasteiger partial charge in [-0.3, -0.25) is 9.69 Å². The molecule has 0 aliphatic carbocycles. The van der Waals surface area contributed by atoms with Crippen LogP contribution in [0.15, 0.2) is 24.4 Å². The Labute approximate surface area is 199 Å². The minimum Gasteiger partial charge on any atom is -0.389 e. The van der Waals surface area contributed by atoms with Crippen LogP contribution in [0.25, 0.3) is 10.8 Å². The van der Waals surface area contributed by atoms with Crippen molar-refractivity contribution in [3.63, 3.8) is 0 Å². The Kier molecular flexibility index (Phi) is 6.60. The molecule has 2 aromatic rings. The molecule has 0 radical (unpaired) electrons. The normalized spacial score (nSPS) is 29.4. The van der Waals surface area contributed by atoms with Gasteiger partial charge in [-0.25, -0.2) is 4.98 Å². The van der Waals surface area contributed by atoms with Crippen molar-refractivity contribution in [1.82, 2.24) is 9.88 Å². The molecular formula is C25H32ClN3O4. The second kappa shape index (κ2) is 9.47. The Morgan fingerprint density at radius 3 is 2.73 bits per heavy atom. The van der Waals surface area contributed by atoms with Crippen LogP contribution in [0, 0.1) is 0 Å². The molecule has 2 N–H and O–H groups in total. The maximum Gasteiger partial charge on any atom is 0.254 e. The summed E-state index contributed by atoms with van der Waals surface area (Å²) in [6.45, 7) is 5.50. The average molecular weight is 474 g/mol. The molecule has 4 heterocycles. The van der Waals surface area contributed by atoms with Crippen LogP contribution in [-0.2, 0) is 14.3 Å². The first kappa shape index (κ1) is 23.0. The van der Waals surface area contributed by atoms with E-state index in [-0.39, 0.29) is 11.4 Å². The number of amides is 1. The van der Waals surface area contributed by atoms with Crippen molar-refractivity contribution in [2.24, 2.45) is 0 Å². The lowest BCUT2D eigenvalue weighted by Crippen LogP contribution is -2.56. The van der Waals surface area contributed by atoms with E-state index in [4.69, 9.17) is 21.1 Å². The number of anilines is 1. The number of carbonyl (C=O) groups excluding carboxylic acids is 1. The van der Waals surface area contributed by atoms with Crippen molar-refractivity contribution in [1.29, 1.82) is 0 Å². The maximum absolute atomic E-state index is 12.5. The lowest BCUT2D eigenvalue weighted by atomic mass is 9.85. The van der Waals surface area contributed by atoms with Gasteiger partial charge >= 0.3 is 0 Å². The molecule has 3 saturated heterocycles. The zero-order valence-corrected chi connectivity index (χ0v) is 19.8. The highest BCUT2D eigenvalue weighted by molar-refractivity contribution is 6.32. The molecule has 3 atom stereocenters. The second-order valence-corrected chi connectivity index (χ2v) is 10.2. The number of likely N-dealkylation sites (tertiary alicyclic amines) is 1. The summed E-state index contributed by atoms with van der Waals surface area (Å²) in [7, 11) is 0. The van der Waals surface area contributed by atoms with E-state index < -0.39 is 12.2 Å².